The van der Waals surface area contributed by atoms with E-state index in [4.69, 9.17) is 5.73 Å². The van der Waals surface area contributed by atoms with Gasteiger partial charge in [0.2, 0.25) is 0 Å². The van der Waals surface area contributed by atoms with Crippen molar-refractivity contribution in [2.45, 2.75) is 33.7 Å². The summed E-state index contributed by atoms with van der Waals surface area (Å²) in [5.74, 6) is 0. The number of benzene rings is 1. The number of rotatable bonds is 3. The van der Waals surface area contributed by atoms with Gasteiger partial charge in [0.25, 0.3) is 5.56 Å². The molecule has 0 fully saturated rings. The Labute approximate surface area is 107 Å². The topological polar surface area (TPSA) is 52.9 Å². The number of anilines is 1. The molecule has 0 radical (unpaired) electrons. The Morgan fingerprint density at radius 3 is 2.61 bits per heavy atom. The number of aromatic nitrogens is 2. The van der Waals surface area contributed by atoms with Gasteiger partial charge in [-0.1, -0.05) is 19.1 Å². The molecule has 0 atom stereocenters. The molecule has 4 nitrogen and oxygen atoms in total. The molecule has 18 heavy (non-hydrogen) atoms. The van der Waals surface area contributed by atoms with Gasteiger partial charge in [-0.05, 0) is 38.0 Å². The average molecular weight is 245 g/mol. The maximum absolute atomic E-state index is 12.2. The van der Waals surface area contributed by atoms with Crippen LogP contribution in [0.4, 0.5) is 5.69 Å². The first-order chi connectivity index (χ1) is 8.56. The minimum absolute atomic E-state index is 0.133. The second-order valence-corrected chi connectivity index (χ2v) is 4.58. The largest absolute Gasteiger partial charge is 0.393 e. The minimum atomic E-state index is -0.133. The number of nitrogen functional groups attached to an aromatic ring is 1. The van der Waals surface area contributed by atoms with Crippen molar-refractivity contribution < 1.29 is 0 Å². The van der Waals surface area contributed by atoms with Crippen molar-refractivity contribution in [3.05, 3.63) is 45.9 Å². The Kier molecular flexibility index (Phi) is 3.28. The predicted molar refractivity (Wildman–Crippen MR) is 74.2 cm³/mol. The molecule has 0 unspecified atom stereocenters. The SMILES string of the molecule is CCCn1c(C)c(N)c(=O)n1-c1cccc(C)c1. The number of nitrogens with two attached hydrogens (primary N) is 1. The predicted octanol–water partition coefficient (Wildman–Crippen LogP) is 2.25. The highest BCUT2D eigenvalue weighted by atomic mass is 16.1. The zero-order valence-electron chi connectivity index (χ0n) is 11.1. The molecule has 2 aromatic rings. The summed E-state index contributed by atoms with van der Waals surface area (Å²) in [6.45, 7) is 6.77. The zero-order valence-corrected chi connectivity index (χ0v) is 11.1. The normalized spacial score (nSPS) is 10.8. The van der Waals surface area contributed by atoms with Crippen LogP contribution in [0, 0.1) is 13.8 Å². The van der Waals surface area contributed by atoms with Crippen LogP contribution < -0.4 is 11.3 Å². The fourth-order valence-electron chi connectivity index (χ4n) is 2.16. The van der Waals surface area contributed by atoms with Crippen molar-refractivity contribution in [3.8, 4) is 5.69 Å². The Morgan fingerprint density at radius 1 is 1.28 bits per heavy atom. The summed E-state index contributed by atoms with van der Waals surface area (Å²) in [5.41, 5.74) is 8.89. The maximum Gasteiger partial charge on any atom is 0.294 e. The molecule has 4 heteroatoms. The van der Waals surface area contributed by atoms with Crippen LogP contribution in [0.1, 0.15) is 24.6 Å². The molecule has 1 aromatic heterocycles. The van der Waals surface area contributed by atoms with E-state index in [9.17, 15) is 4.79 Å². The van der Waals surface area contributed by atoms with E-state index < -0.39 is 0 Å². The van der Waals surface area contributed by atoms with E-state index in [2.05, 4.69) is 6.92 Å². The molecule has 1 aromatic carbocycles. The van der Waals surface area contributed by atoms with Gasteiger partial charge in [-0.15, -0.1) is 0 Å². The van der Waals surface area contributed by atoms with E-state index in [0.29, 0.717) is 5.69 Å². The lowest BCUT2D eigenvalue weighted by atomic mass is 10.2. The Morgan fingerprint density at radius 2 is 2.00 bits per heavy atom. The lowest BCUT2D eigenvalue weighted by molar-refractivity contribution is 0.523. The highest BCUT2D eigenvalue weighted by Gasteiger charge is 2.14. The first-order valence-corrected chi connectivity index (χ1v) is 6.21. The second-order valence-electron chi connectivity index (χ2n) is 4.58. The van der Waals surface area contributed by atoms with Gasteiger partial charge in [0.15, 0.2) is 0 Å². The smallest absolute Gasteiger partial charge is 0.294 e. The van der Waals surface area contributed by atoms with Crippen LogP contribution in [-0.4, -0.2) is 9.36 Å². The van der Waals surface area contributed by atoms with Crippen molar-refractivity contribution in [2.24, 2.45) is 0 Å². The Bertz CT molecular complexity index is 622. The van der Waals surface area contributed by atoms with Crippen LogP contribution in [0.5, 0.6) is 0 Å². The van der Waals surface area contributed by atoms with Gasteiger partial charge in [0, 0.05) is 6.54 Å². The fraction of sp³-hybridized carbons (Fsp3) is 0.357. The Balaban J connectivity index is 2.70. The van der Waals surface area contributed by atoms with Crippen LogP contribution >= 0.6 is 0 Å². The molecular weight excluding hydrogens is 226 g/mol. The molecule has 0 saturated carbocycles. The molecule has 0 spiro atoms. The first-order valence-electron chi connectivity index (χ1n) is 6.21. The maximum atomic E-state index is 12.2. The highest BCUT2D eigenvalue weighted by Crippen LogP contribution is 2.14. The van der Waals surface area contributed by atoms with Crippen LogP contribution in [0.15, 0.2) is 29.1 Å². The molecular formula is C14H19N3O. The van der Waals surface area contributed by atoms with Gasteiger partial charge in [0.1, 0.15) is 5.69 Å². The molecule has 2 rings (SSSR count). The van der Waals surface area contributed by atoms with Crippen LogP contribution in [-0.2, 0) is 6.54 Å². The van der Waals surface area contributed by atoms with Crippen molar-refractivity contribution in [1.82, 2.24) is 9.36 Å². The molecule has 0 aliphatic heterocycles. The minimum Gasteiger partial charge on any atom is -0.393 e. The average Bonchev–Trinajstić information content (AvgIpc) is 2.55. The molecule has 0 aliphatic rings. The summed E-state index contributed by atoms with van der Waals surface area (Å²) >= 11 is 0. The summed E-state index contributed by atoms with van der Waals surface area (Å²) < 4.78 is 3.62. The van der Waals surface area contributed by atoms with Crippen molar-refractivity contribution >= 4 is 5.69 Å². The molecule has 2 N–H and O–H groups in total. The first kappa shape index (κ1) is 12.5. The van der Waals surface area contributed by atoms with Gasteiger partial charge in [0.05, 0.1) is 11.4 Å². The van der Waals surface area contributed by atoms with E-state index >= 15 is 0 Å². The quantitative estimate of drug-likeness (QED) is 0.901. The molecule has 0 aliphatic carbocycles. The third-order valence-corrected chi connectivity index (χ3v) is 3.12. The zero-order chi connectivity index (χ0) is 13.3. The van der Waals surface area contributed by atoms with Crippen LogP contribution in [0.2, 0.25) is 0 Å². The van der Waals surface area contributed by atoms with E-state index in [0.717, 1.165) is 29.9 Å². The van der Waals surface area contributed by atoms with E-state index in [-0.39, 0.29) is 5.56 Å². The molecule has 96 valence electrons. The van der Waals surface area contributed by atoms with E-state index in [1.807, 2.05) is 42.8 Å². The van der Waals surface area contributed by atoms with Crippen LogP contribution in [0.25, 0.3) is 5.69 Å². The van der Waals surface area contributed by atoms with Crippen molar-refractivity contribution in [1.29, 1.82) is 0 Å². The fourth-order valence-corrected chi connectivity index (χ4v) is 2.16. The molecule has 0 bridgehead atoms. The lowest BCUT2D eigenvalue weighted by Crippen LogP contribution is -2.22. The summed E-state index contributed by atoms with van der Waals surface area (Å²) in [6.07, 6.45) is 0.959. The number of aryl methyl sites for hydroxylation is 1. The third kappa shape index (κ3) is 1.94. The van der Waals surface area contributed by atoms with Gasteiger partial charge in [-0.3, -0.25) is 9.48 Å². The second kappa shape index (κ2) is 4.72. The number of nitrogens with zero attached hydrogens (tertiary/aromatic N) is 2. The molecule has 0 amide bonds. The van der Waals surface area contributed by atoms with Gasteiger partial charge >= 0.3 is 0 Å². The monoisotopic (exact) mass is 245 g/mol. The van der Waals surface area contributed by atoms with Crippen molar-refractivity contribution in [3.63, 3.8) is 0 Å². The third-order valence-electron chi connectivity index (χ3n) is 3.12. The molecule has 1 heterocycles. The number of hydrogen-bond acceptors (Lipinski definition) is 2. The lowest BCUT2D eigenvalue weighted by Gasteiger charge is -2.12. The highest BCUT2D eigenvalue weighted by molar-refractivity contribution is 5.45. The molecule has 0 saturated heterocycles. The Hall–Kier alpha value is -1.97. The standard InChI is InChI=1S/C14H19N3O/c1-4-8-16-11(3)13(15)14(18)17(16)12-7-5-6-10(2)9-12/h5-7,9H,4,8,15H2,1-3H3. The van der Waals surface area contributed by atoms with E-state index in [1.165, 1.54) is 0 Å². The van der Waals surface area contributed by atoms with Gasteiger partial charge in [-0.2, -0.15) is 0 Å². The van der Waals surface area contributed by atoms with Crippen molar-refractivity contribution in [2.75, 3.05) is 5.73 Å². The van der Waals surface area contributed by atoms with E-state index in [1.54, 1.807) is 4.68 Å². The summed E-state index contributed by atoms with van der Waals surface area (Å²) in [5, 5.41) is 0. The summed E-state index contributed by atoms with van der Waals surface area (Å²) in [7, 11) is 0. The van der Waals surface area contributed by atoms with Gasteiger partial charge in [-0.25, -0.2) is 4.68 Å². The number of hydrogen-bond donors (Lipinski definition) is 1. The summed E-state index contributed by atoms with van der Waals surface area (Å²) in [6, 6.07) is 7.88. The summed E-state index contributed by atoms with van der Waals surface area (Å²) in [4.78, 5) is 12.2. The van der Waals surface area contributed by atoms with Crippen LogP contribution in [0.3, 0.4) is 0 Å². The van der Waals surface area contributed by atoms with Gasteiger partial charge < -0.3 is 5.73 Å².